The number of nitrogens with two attached hydrogens (primary N) is 1. The van der Waals surface area contributed by atoms with Gasteiger partial charge in [-0.1, -0.05) is 12.2 Å². The van der Waals surface area contributed by atoms with Crippen molar-refractivity contribution in [1.29, 1.82) is 0 Å². The fourth-order valence-corrected chi connectivity index (χ4v) is 2.46. The van der Waals surface area contributed by atoms with E-state index >= 15 is 0 Å². The second-order valence-electron chi connectivity index (χ2n) is 3.94. The second-order valence-corrected chi connectivity index (χ2v) is 5.58. The summed E-state index contributed by atoms with van der Waals surface area (Å²) in [6.45, 7) is 3.76. The van der Waals surface area contributed by atoms with Crippen molar-refractivity contribution < 1.29 is 8.78 Å². The summed E-state index contributed by atoms with van der Waals surface area (Å²) in [7, 11) is 0. The summed E-state index contributed by atoms with van der Waals surface area (Å²) in [6.07, 6.45) is 0. The number of thiocarbonyl (C=S) groups is 1. The van der Waals surface area contributed by atoms with Crippen molar-refractivity contribution in [3.8, 4) is 0 Å². The summed E-state index contributed by atoms with van der Waals surface area (Å²) in [6, 6.07) is 2.73. The molecule has 0 saturated heterocycles. The number of aromatic nitrogens is 1. The van der Waals surface area contributed by atoms with Gasteiger partial charge in [-0.25, -0.2) is 13.8 Å². The predicted octanol–water partition coefficient (Wildman–Crippen LogP) is 3.42. The SMILES string of the molecule is Cc1nc(Nc2ccc(C(N)=S)c(F)c2F)sc1C. The minimum absolute atomic E-state index is 0.00579. The van der Waals surface area contributed by atoms with Crippen molar-refractivity contribution in [2.24, 2.45) is 5.73 Å². The topological polar surface area (TPSA) is 50.9 Å². The molecule has 100 valence electrons. The van der Waals surface area contributed by atoms with Gasteiger partial charge in [0, 0.05) is 10.4 Å². The minimum Gasteiger partial charge on any atom is -0.389 e. The van der Waals surface area contributed by atoms with Gasteiger partial charge in [0.2, 0.25) is 0 Å². The van der Waals surface area contributed by atoms with Gasteiger partial charge in [0.15, 0.2) is 16.8 Å². The minimum atomic E-state index is -1.05. The molecule has 1 heterocycles. The molecule has 2 aromatic rings. The van der Waals surface area contributed by atoms with Crippen LogP contribution in [0.25, 0.3) is 0 Å². The van der Waals surface area contributed by atoms with Crippen molar-refractivity contribution >= 4 is 39.4 Å². The standard InChI is InChI=1S/C12H11F2N3S2/c1-5-6(2)19-12(16-5)17-8-4-3-7(11(15)18)9(13)10(8)14/h3-4H,1-2H3,(H2,15,18)(H,16,17). The van der Waals surface area contributed by atoms with Crippen molar-refractivity contribution in [1.82, 2.24) is 4.98 Å². The van der Waals surface area contributed by atoms with Crippen LogP contribution in [0.3, 0.4) is 0 Å². The number of nitrogens with one attached hydrogen (secondary N) is 1. The van der Waals surface area contributed by atoms with Crippen LogP contribution in [-0.4, -0.2) is 9.97 Å². The molecule has 3 nitrogen and oxygen atoms in total. The summed E-state index contributed by atoms with van der Waals surface area (Å²) in [5.74, 6) is -2.07. The van der Waals surface area contributed by atoms with Crippen molar-refractivity contribution in [3.05, 3.63) is 39.9 Å². The molecule has 0 fully saturated rings. The number of nitrogens with zero attached hydrogens (tertiary/aromatic N) is 1. The van der Waals surface area contributed by atoms with Crippen LogP contribution in [0.2, 0.25) is 0 Å². The monoisotopic (exact) mass is 299 g/mol. The lowest BCUT2D eigenvalue weighted by Crippen LogP contribution is -2.13. The highest BCUT2D eigenvalue weighted by atomic mass is 32.1. The first kappa shape index (κ1) is 13.8. The maximum Gasteiger partial charge on any atom is 0.187 e. The number of halogens is 2. The van der Waals surface area contributed by atoms with Gasteiger partial charge in [0.05, 0.1) is 11.4 Å². The second kappa shape index (κ2) is 5.18. The van der Waals surface area contributed by atoms with Crippen LogP contribution < -0.4 is 11.1 Å². The molecule has 0 atom stereocenters. The van der Waals surface area contributed by atoms with Crippen molar-refractivity contribution in [3.63, 3.8) is 0 Å². The Morgan fingerprint density at radius 1 is 1.32 bits per heavy atom. The first-order chi connectivity index (χ1) is 8.90. The van der Waals surface area contributed by atoms with Crippen LogP contribution in [0.5, 0.6) is 0 Å². The normalized spacial score (nSPS) is 10.5. The van der Waals surface area contributed by atoms with E-state index in [2.05, 4.69) is 22.5 Å². The van der Waals surface area contributed by atoms with Crippen LogP contribution in [0, 0.1) is 25.5 Å². The molecule has 0 aliphatic carbocycles. The third-order valence-corrected chi connectivity index (χ3v) is 3.83. The fraction of sp³-hybridized carbons (Fsp3) is 0.167. The van der Waals surface area contributed by atoms with E-state index in [4.69, 9.17) is 5.73 Å². The molecule has 0 spiro atoms. The summed E-state index contributed by atoms with van der Waals surface area (Å²) >= 11 is 6.02. The lowest BCUT2D eigenvalue weighted by molar-refractivity contribution is 0.510. The zero-order valence-electron chi connectivity index (χ0n) is 10.3. The van der Waals surface area contributed by atoms with Gasteiger partial charge in [-0.05, 0) is 26.0 Å². The maximum atomic E-state index is 13.8. The van der Waals surface area contributed by atoms with E-state index in [0.717, 1.165) is 10.6 Å². The maximum absolute atomic E-state index is 13.8. The van der Waals surface area contributed by atoms with E-state index in [-0.39, 0.29) is 16.2 Å². The average molecular weight is 299 g/mol. The highest BCUT2D eigenvalue weighted by Gasteiger charge is 2.16. The van der Waals surface area contributed by atoms with E-state index < -0.39 is 11.6 Å². The van der Waals surface area contributed by atoms with E-state index in [1.807, 2.05) is 13.8 Å². The third kappa shape index (κ3) is 2.71. The van der Waals surface area contributed by atoms with Crippen LogP contribution in [0.4, 0.5) is 19.6 Å². The number of hydrogen-bond acceptors (Lipinski definition) is 4. The molecule has 3 N–H and O–H groups in total. The average Bonchev–Trinajstić information content (AvgIpc) is 2.64. The Balaban J connectivity index is 2.36. The Bertz CT molecular complexity index is 633. The molecule has 1 aromatic heterocycles. The number of rotatable bonds is 3. The van der Waals surface area contributed by atoms with Crippen LogP contribution in [-0.2, 0) is 0 Å². The summed E-state index contributed by atoms with van der Waals surface area (Å²) < 4.78 is 27.5. The Labute approximate surface area is 118 Å². The lowest BCUT2D eigenvalue weighted by Gasteiger charge is -2.07. The molecule has 1 aromatic carbocycles. The highest BCUT2D eigenvalue weighted by molar-refractivity contribution is 7.80. The summed E-state index contributed by atoms with van der Waals surface area (Å²) in [5.41, 5.74) is 6.06. The van der Waals surface area contributed by atoms with Gasteiger partial charge in [-0.2, -0.15) is 0 Å². The number of benzene rings is 1. The van der Waals surface area contributed by atoms with Gasteiger partial charge < -0.3 is 11.1 Å². The fourth-order valence-electron chi connectivity index (χ4n) is 1.48. The van der Waals surface area contributed by atoms with Crippen LogP contribution >= 0.6 is 23.6 Å². The zero-order valence-corrected chi connectivity index (χ0v) is 11.9. The van der Waals surface area contributed by atoms with Crippen LogP contribution in [0.15, 0.2) is 12.1 Å². The molecule has 0 unspecified atom stereocenters. The first-order valence-corrected chi connectivity index (χ1v) is 6.61. The molecular formula is C12H11F2N3S2. The Morgan fingerprint density at radius 3 is 2.53 bits per heavy atom. The molecule has 0 aliphatic rings. The molecule has 19 heavy (non-hydrogen) atoms. The number of aryl methyl sites for hydroxylation is 2. The van der Waals surface area contributed by atoms with E-state index in [0.29, 0.717) is 5.13 Å². The zero-order chi connectivity index (χ0) is 14.2. The van der Waals surface area contributed by atoms with E-state index in [9.17, 15) is 8.78 Å². The van der Waals surface area contributed by atoms with Crippen LogP contribution in [0.1, 0.15) is 16.1 Å². The predicted molar refractivity (Wildman–Crippen MR) is 77.1 cm³/mol. The third-order valence-electron chi connectivity index (χ3n) is 2.62. The highest BCUT2D eigenvalue weighted by Crippen LogP contribution is 2.28. The molecule has 7 heteroatoms. The molecule has 0 amide bonds. The molecule has 0 bridgehead atoms. The van der Waals surface area contributed by atoms with Gasteiger partial charge in [0.25, 0.3) is 0 Å². The van der Waals surface area contributed by atoms with Gasteiger partial charge >= 0.3 is 0 Å². The first-order valence-electron chi connectivity index (χ1n) is 5.39. The van der Waals surface area contributed by atoms with Crippen molar-refractivity contribution in [2.75, 3.05) is 5.32 Å². The molecule has 0 aliphatic heterocycles. The Hall–Kier alpha value is -1.60. The van der Waals surface area contributed by atoms with Crippen molar-refractivity contribution in [2.45, 2.75) is 13.8 Å². The largest absolute Gasteiger partial charge is 0.389 e. The molecular weight excluding hydrogens is 288 g/mol. The van der Waals surface area contributed by atoms with Gasteiger partial charge in [-0.15, -0.1) is 11.3 Å². The molecule has 0 saturated carbocycles. The van der Waals surface area contributed by atoms with E-state index in [1.165, 1.54) is 23.5 Å². The molecule has 2 rings (SSSR count). The summed E-state index contributed by atoms with van der Waals surface area (Å²) in [5, 5.41) is 3.26. The number of anilines is 2. The molecule has 0 radical (unpaired) electrons. The Kier molecular flexibility index (Phi) is 3.77. The number of hydrogen-bond donors (Lipinski definition) is 2. The summed E-state index contributed by atoms with van der Waals surface area (Å²) in [4.78, 5) is 5.04. The number of thiazole rings is 1. The lowest BCUT2D eigenvalue weighted by atomic mass is 10.2. The van der Waals surface area contributed by atoms with Gasteiger partial charge in [0.1, 0.15) is 4.99 Å². The van der Waals surface area contributed by atoms with E-state index in [1.54, 1.807) is 0 Å². The van der Waals surface area contributed by atoms with Gasteiger partial charge in [-0.3, -0.25) is 0 Å². The smallest absolute Gasteiger partial charge is 0.187 e. The Morgan fingerprint density at radius 2 is 2.00 bits per heavy atom. The quantitative estimate of drug-likeness (QED) is 0.853.